The highest BCUT2D eigenvalue weighted by atomic mass is 79.9. The van der Waals surface area contributed by atoms with Gasteiger partial charge in [0.1, 0.15) is 25.6 Å². The van der Waals surface area contributed by atoms with Gasteiger partial charge in [-0.1, -0.05) is 33.6 Å². The van der Waals surface area contributed by atoms with Crippen molar-refractivity contribution in [2.24, 2.45) is 0 Å². The number of hydrogen-bond donors (Lipinski definition) is 1. The largest absolute Gasteiger partial charge is 0.492 e. The number of aryl methyl sites for hydroxylation is 1. The Balaban J connectivity index is 1.47. The molecule has 0 saturated heterocycles. The molecule has 0 fully saturated rings. The monoisotopic (exact) mass is 405 g/mol. The zero-order valence-electron chi connectivity index (χ0n) is 14.0. The van der Waals surface area contributed by atoms with E-state index in [9.17, 15) is 4.79 Å². The summed E-state index contributed by atoms with van der Waals surface area (Å²) >= 11 is 3.48. The van der Waals surface area contributed by atoms with Crippen molar-refractivity contribution in [1.82, 2.24) is 5.32 Å². The summed E-state index contributed by atoms with van der Waals surface area (Å²) in [5.74, 6) is 2.12. The zero-order chi connectivity index (χ0) is 17.6. The van der Waals surface area contributed by atoms with Gasteiger partial charge in [0, 0.05) is 4.47 Å². The molecule has 1 aliphatic heterocycles. The van der Waals surface area contributed by atoms with E-state index < -0.39 is 0 Å². The summed E-state index contributed by atoms with van der Waals surface area (Å²) in [6.45, 7) is 3.98. The molecule has 0 bridgehead atoms. The van der Waals surface area contributed by atoms with E-state index in [1.54, 1.807) is 0 Å². The summed E-state index contributed by atoms with van der Waals surface area (Å²) in [7, 11) is 0. The summed E-state index contributed by atoms with van der Waals surface area (Å²) in [6, 6.07) is 11.5. The highest BCUT2D eigenvalue weighted by Crippen LogP contribution is 2.35. The normalized spacial score (nSPS) is 12.6. The fourth-order valence-corrected chi connectivity index (χ4v) is 2.93. The minimum atomic E-state index is -0.0649. The molecule has 132 valence electrons. The number of carbonyl (C=O) groups excluding carboxylic acids is 1. The number of halogens is 1. The van der Waals surface area contributed by atoms with Crippen LogP contribution in [0.25, 0.3) is 0 Å². The van der Waals surface area contributed by atoms with Crippen LogP contribution < -0.4 is 19.5 Å². The van der Waals surface area contributed by atoms with Gasteiger partial charge in [0.2, 0.25) is 5.91 Å². The minimum absolute atomic E-state index is 0.0649. The summed E-state index contributed by atoms with van der Waals surface area (Å²) in [4.78, 5) is 12.1. The van der Waals surface area contributed by atoms with Crippen LogP contribution in [0.1, 0.15) is 11.1 Å². The molecule has 0 spiro atoms. The Bertz CT molecular complexity index is 746. The molecule has 0 atom stereocenters. The number of benzene rings is 2. The number of carbonyl (C=O) groups is 1. The van der Waals surface area contributed by atoms with Crippen LogP contribution in [-0.2, 0) is 11.2 Å². The first-order chi connectivity index (χ1) is 12.1. The number of fused-ring (bicyclic) bond motifs is 1. The van der Waals surface area contributed by atoms with Gasteiger partial charge in [-0.2, -0.15) is 0 Å². The van der Waals surface area contributed by atoms with Crippen LogP contribution in [0.5, 0.6) is 17.2 Å². The van der Waals surface area contributed by atoms with E-state index in [1.165, 1.54) is 5.56 Å². The Morgan fingerprint density at radius 3 is 2.56 bits per heavy atom. The molecule has 3 rings (SSSR count). The molecular weight excluding hydrogens is 386 g/mol. The molecular formula is C19H20BrNO4. The van der Waals surface area contributed by atoms with Crippen LogP contribution in [0, 0.1) is 6.92 Å². The Hall–Kier alpha value is -2.21. The van der Waals surface area contributed by atoms with Crippen LogP contribution in [-0.4, -0.2) is 32.3 Å². The van der Waals surface area contributed by atoms with Gasteiger partial charge in [0.15, 0.2) is 11.5 Å². The average Bonchev–Trinajstić information content (AvgIpc) is 2.61. The summed E-state index contributed by atoms with van der Waals surface area (Å²) in [5, 5.41) is 2.86. The van der Waals surface area contributed by atoms with Crippen molar-refractivity contribution in [1.29, 1.82) is 0 Å². The van der Waals surface area contributed by atoms with Gasteiger partial charge in [0.05, 0.1) is 13.0 Å². The van der Waals surface area contributed by atoms with E-state index in [2.05, 4.69) is 21.2 Å². The van der Waals surface area contributed by atoms with Gasteiger partial charge in [-0.15, -0.1) is 0 Å². The van der Waals surface area contributed by atoms with E-state index >= 15 is 0 Å². The molecule has 25 heavy (non-hydrogen) atoms. The molecule has 0 radical (unpaired) electrons. The second-order valence-electron chi connectivity index (χ2n) is 5.78. The lowest BCUT2D eigenvalue weighted by atomic mass is 10.1. The Morgan fingerprint density at radius 2 is 1.84 bits per heavy atom. The standard InChI is InChI=1S/C19H20BrNO4/c1-13-2-4-15(5-3-13)23-7-6-21-19(22)11-14-10-17-18(12-16(14)20)25-9-8-24-17/h2-5,10,12H,6-9,11H2,1H3,(H,21,22). The number of nitrogens with one attached hydrogen (secondary N) is 1. The van der Waals surface area contributed by atoms with Crippen LogP contribution in [0.15, 0.2) is 40.9 Å². The maximum Gasteiger partial charge on any atom is 0.224 e. The quantitative estimate of drug-likeness (QED) is 0.749. The predicted octanol–water partition coefficient (Wildman–Crippen LogP) is 3.27. The molecule has 5 nitrogen and oxygen atoms in total. The molecule has 0 saturated carbocycles. The lowest BCUT2D eigenvalue weighted by Crippen LogP contribution is -2.29. The fraction of sp³-hybridized carbons (Fsp3) is 0.316. The molecule has 1 N–H and O–H groups in total. The third-order valence-corrected chi connectivity index (χ3v) is 4.51. The first-order valence-electron chi connectivity index (χ1n) is 8.16. The Morgan fingerprint density at radius 1 is 1.16 bits per heavy atom. The molecule has 2 aromatic carbocycles. The highest BCUT2D eigenvalue weighted by Gasteiger charge is 2.16. The van der Waals surface area contributed by atoms with Crippen molar-refractivity contribution in [3.8, 4) is 17.2 Å². The van der Waals surface area contributed by atoms with Crippen molar-refractivity contribution in [2.45, 2.75) is 13.3 Å². The minimum Gasteiger partial charge on any atom is -0.492 e. The number of rotatable bonds is 6. The Kier molecular flexibility index (Phi) is 5.81. The van der Waals surface area contributed by atoms with Gasteiger partial charge in [-0.3, -0.25) is 4.79 Å². The first-order valence-corrected chi connectivity index (χ1v) is 8.95. The molecule has 0 aromatic heterocycles. The topological polar surface area (TPSA) is 56.8 Å². The molecule has 1 aliphatic rings. The lowest BCUT2D eigenvalue weighted by molar-refractivity contribution is -0.120. The zero-order valence-corrected chi connectivity index (χ0v) is 15.6. The lowest BCUT2D eigenvalue weighted by Gasteiger charge is -2.19. The molecule has 6 heteroatoms. The van der Waals surface area contributed by atoms with E-state index in [0.29, 0.717) is 37.9 Å². The van der Waals surface area contributed by atoms with Crippen molar-refractivity contribution < 1.29 is 19.0 Å². The average molecular weight is 406 g/mol. The number of hydrogen-bond acceptors (Lipinski definition) is 4. The van der Waals surface area contributed by atoms with Crippen molar-refractivity contribution in [2.75, 3.05) is 26.4 Å². The summed E-state index contributed by atoms with van der Waals surface area (Å²) in [6.07, 6.45) is 0.266. The second-order valence-corrected chi connectivity index (χ2v) is 6.63. The fourth-order valence-electron chi connectivity index (χ4n) is 2.47. The maximum absolute atomic E-state index is 12.1. The first kappa shape index (κ1) is 17.6. The second kappa shape index (κ2) is 8.25. The van der Waals surface area contributed by atoms with E-state index in [0.717, 1.165) is 15.8 Å². The van der Waals surface area contributed by atoms with Gasteiger partial charge in [-0.25, -0.2) is 0 Å². The Labute approximate surface area is 155 Å². The molecule has 2 aromatic rings. The SMILES string of the molecule is Cc1ccc(OCCNC(=O)Cc2cc3c(cc2Br)OCCO3)cc1. The van der Waals surface area contributed by atoms with Gasteiger partial charge in [0.25, 0.3) is 0 Å². The van der Waals surface area contributed by atoms with Crippen LogP contribution in [0.3, 0.4) is 0 Å². The van der Waals surface area contributed by atoms with Gasteiger partial charge >= 0.3 is 0 Å². The van der Waals surface area contributed by atoms with Gasteiger partial charge in [-0.05, 0) is 36.8 Å². The molecule has 0 aliphatic carbocycles. The molecule has 0 unspecified atom stereocenters. The highest BCUT2D eigenvalue weighted by molar-refractivity contribution is 9.10. The van der Waals surface area contributed by atoms with E-state index in [-0.39, 0.29) is 12.3 Å². The van der Waals surface area contributed by atoms with Crippen molar-refractivity contribution >= 4 is 21.8 Å². The van der Waals surface area contributed by atoms with Crippen molar-refractivity contribution in [3.05, 3.63) is 52.0 Å². The smallest absolute Gasteiger partial charge is 0.224 e. The maximum atomic E-state index is 12.1. The van der Waals surface area contributed by atoms with Gasteiger partial charge < -0.3 is 19.5 Å². The molecule has 1 heterocycles. The predicted molar refractivity (Wildman–Crippen MR) is 98.5 cm³/mol. The van der Waals surface area contributed by atoms with E-state index in [4.69, 9.17) is 14.2 Å². The number of ether oxygens (including phenoxy) is 3. The van der Waals surface area contributed by atoms with E-state index in [1.807, 2.05) is 43.3 Å². The molecule has 1 amide bonds. The third kappa shape index (κ3) is 4.89. The number of amides is 1. The third-order valence-electron chi connectivity index (χ3n) is 3.78. The summed E-state index contributed by atoms with van der Waals surface area (Å²) < 4.78 is 17.5. The van der Waals surface area contributed by atoms with Crippen LogP contribution in [0.2, 0.25) is 0 Å². The summed E-state index contributed by atoms with van der Waals surface area (Å²) in [5.41, 5.74) is 2.05. The van der Waals surface area contributed by atoms with Crippen LogP contribution >= 0.6 is 15.9 Å². The van der Waals surface area contributed by atoms with Crippen LogP contribution in [0.4, 0.5) is 0 Å². The van der Waals surface area contributed by atoms with Crippen molar-refractivity contribution in [3.63, 3.8) is 0 Å².